The minimum atomic E-state index is 0.324. The number of nitrogens with zero attached hydrogens (tertiary/aromatic N) is 1. The van der Waals surface area contributed by atoms with Gasteiger partial charge in [0.1, 0.15) is 0 Å². The van der Waals surface area contributed by atoms with Gasteiger partial charge in [-0.1, -0.05) is 152 Å². The predicted octanol–water partition coefficient (Wildman–Crippen LogP) is 18.1. The van der Waals surface area contributed by atoms with Gasteiger partial charge in [0.2, 0.25) is 0 Å². The van der Waals surface area contributed by atoms with Crippen LogP contribution in [0.3, 0.4) is 0 Å². The first-order chi connectivity index (χ1) is 32.7. The Labute approximate surface area is 394 Å². The Bertz CT molecular complexity index is 3590. The highest BCUT2D eigenvalue weighted by molar-refractivity contribution is 6.15. The number of hydrogen-bond donors (Lipinski definition) is 0. The Morgan fingerprint density at radius 2 is 0.761 bits per heavy atom. The molecule has 0 aromatic heterocycles. The number of hydrogen-bond acceptors (Lipinski definition) is 1. The van der Waals surface area contributed by atoms with Gasteiger partial charge < -0.3 is 4.90 Å². The van der Waals surface area contributed by atoms with Crippen LogP contribution in [0, 0.1) is 53.4 Å². The van der Waals surface area contributed by atoms with E-state index in [1.165, 1.54) is 138 Å². The second-order valence-corrected chi connectivity index (χ2v) is 19.1. The van der Waals surface area contributed by atoms with Crippen LogP contribution < -0.4 is 4.90 Å². The van der Waals surface area contributed by atoms with Gasteiger partial charge in [0.05, 0.1) is 0 Å². The highest BCUT2D eigenvalue weighted by Crippen LogP contribution is 2.49. The molecule has 12 rings (SSSR count). The van der Waals surface area contributed by atoms with Crippen molar-refractivity contribution in [2.24, 2.45) is 11.8 Å². The van der Waals surface area contributed by atoms with E-state index in [1.54, 1.807) is 0 Å². The molecule has 67 heavy (non-hydrogen) atoms. The van der Waals surface area contributed by atoms with E-state index in [-0.39, 0.29) is 0 Å². The van der Waals surface area contributed by atoms with Gasteiger partial charge in [-0.05, 0) is 211 Å². The maximum Gasteiger partial charge on any atom is 0.0494 e. The van der Waals surface area contributed by atoms with Gasteiger partial charge in [0.15, 0.2) is 0 Å². The molecule has 0 radical (unpaired) electrons. The fourth-order valence-corrected chi connectivity index (χ4v) is 11.6. The molecule has 1 nitrogen and oxygen atoms in total. The van der Waals surface area contributed by atoms with Crippen molar-refractivity contribution in [2.45, 2.75) is 41.5 Å². The molecule has 0 amide bonds. The Kier molecular flexibility index (Phi) is 9.73. The van der Waals surface area contributed by atoms with Crippen molar-refractivity contribution in [3.8, 4) is 22.3 Å². The van der Waals surface area contributed by atoms with Crippen LogP contribution in [-0.2, 0) is 0 Å². The number of aryl methyl sites for hydroxylation is 6. The van der Waals surface area contributed by atoms with Crippen molar-refractivity contribution in [3.63, 3.8) is 0 Å². The monoisotopic (exact) mass is 859 g/mol. The zero-order valence-electron chi connectivity index (χ0n) is 39.2. The average molecular weight is 860 g/mol. The summed E-state index contributed by atoms with van der Waals surface area (Å²) in [6, 6.07) is 54.8. The molecule has 2 unspecified atom stereocenters. The highest BCUT2D eigenvalue weighted by Gasteiger charge is 2.31. The van der Waals surface area contributed by atoms with Crippen LogP contribution in [0.5, 0.6) is 0 Å². The summed E-state index contributed by atoms with van der Waals surface area (Å²) in [7, 11) is 0. The lowest BCUT2D eigenvalue weighted by molar-refractivity contribution is 0.618. The molecule has 3 aliphatic carbocycles. The minimum Gasteiger partial charge on any atom is -0.310 e. The lowest BCUT2D eigenvalue weighted by atomic mass is 9.70. The Morgan fingerprint density at radius 3 is 1.28 bits per heavy atom. The van der Waals surface area contributed by atoms with E-state index in [0.717, 1.165) is 0 Å². The van der Waals surface area contributed by atoms with Crippen molar-refractivity contribution in [1.29, 1.82) is 0 Å². The van der Waals surface area contributed by atoms with Crippen LogP contribution in [0.1, 0.15) is 38.9 Å². The van der Waals surface area contributed by atoms with Gasteiger partial charge in [-0.2, -0.15) is 0 Å². The molecule has 0 spiro atoms. The normalized spacial score (nSPS) is 16.3. The maximum atomic E-state index is 2.56. The fourth-order valence-electron chi connectivity index (χ4n) is 11.6. The summed E-state index contributed by atoms with van der Waals surface area (Å²) in [4.78, 5) is 2.56. The lowest BCUT2D eigenvalue weighted by Crippen LogP contribution is -2.21. The molecule has 322 valence electrons. The SMILES string of the molecule is Cc1cc(N(c2cc(C)c(-c3cc4ccccc4c4ccccc34)cc2C)c2cc(C)c(-c3cc4ccccc4c4ccccc34)cc2C)c(C)cc1C1=C2C=CC=CC2C2C=CC=CC2=C1. The van der Waals surface area contributed by atoms with Crippen molar-refractivity contribution in [1.82, 2.24) is 0 Å². The quantitative estimate of drug-likeness (QED) is 0.151. The molecular formula is C66H53N. The average Bonchev–Trinajstić information content (AvgIpc) is 3.36. The smallest absolute Gasteiger partial charge is 0.0494 e. The fraction of sp³-hybridized carbons (Fsp3) is 0.121. The van der Waals surface area contributed by atoms with E-state index in [1.807, 2.05) is 0 Å². The third kappa shape index (κ3) is 6.67. The van der Waals surface area contributed by atoms with Gasteiger partial charge in [0, 0.05) is 28.9 Å². The number of fused-ring (bicyclic) bond motifs is 9. The molecule has 0 aliphatic heterocycles. The van der Waals surface area contributed by atoms with Crippen molar-refractivity contribution < 1.29 is 0 Å². The third-order valence-corrected chi connectivity index (χ3v) is 14.9. The summed E-state index contributed by atoms with van der Waals surface area (Å²) in [5.41, 5.74) is 21.5. The van der Waals surface area contributed by atoms with Gasteiger partial charge in [-0.3, -0.25) is 0 Å². The molecule has 0 heterocycles. The van der Waals surface area contributed by atoms with Crippen molar-refractivity contribution in [3.05, 3.63) is 250 Å². The summed E-state index contributed by atoms with van der Waals surface area (Å²) < 4.78 is 0. The third-order valence-electron chi connectivity index (χ3n) is 14.9. The minimum absolute atomic E-state index is 0.324. The highest BCUT2D eigenvalue weighted by atomic mass is 15.1. The topological polar surface area (TPSA) is 3.24 Å². The van der Waals surface area contributed by atoms with Crippen molar-refractivity contribution >= 4 is 65.7 Å². The summed E-state index contributed by atoms with van der Waals surface area (Å²) in [6.45, 7) is 13.8. The second kappa shape index (κ2) is 16.0. The summed E-state index contributed by atoms with van der Waals surface area (Å²) >= 11 is 0. The Hall–Kier alpha value is -7.74. The number of anilines is 3. The largest absolute Gasteiger partial charge is 0.310 e. The zero-order chi connectivity index (χ0) is 45.5. The van der Waals surface area contributed by atoms with E-state index >= 15 is 0 Å². The molecule has 0 saturated carbocycles. The van der Waals surface area contributed by atoms with Gasteiger partial charge >= 0.3 is 0 Å². The van der Waals surface area contributed by atoms with E-state index in [4.69, 9.17) is 0 Å². The summed E-state index contributed by atoms with van der Waals surface area (Å²) in [5, 5.41) is 10.2. The zero-order valence-corrected chi connectivity index (χ0v) is 39.2. The van der Waals surface area contributed by atoms with Gasteiger partial charge in [-0.25, -0.2) is 0 Å². The molecular weight excluding hydrogens is 807 g/mol. The van der Waals surface area contributed by atoms with Gasteiger partial charge in [0.25, 0.3) is 0 Å². The molecule has 9 aromatic carbocycles. The molecule has 0 bridgehead atoms. The Morgan fingerprint density at radius 1 is 0.343 bits per heavy atom. The Balaban J connectivity index is 1.06. The molecule has 3 aliphatic rings. The second-order valence-electron chi connectivity index (χ2n) is 19.1. The lowest BCUT2D eigenvalue weighted by Gasteiger charge is -2.35. The molecule has 0 N–H and O–H groups in total. The molecule has 0 fully saturated rings. The maximum absolute atomic E-state index is 2.56. The number of rotatable bonds is 6. The molecule has 2 atom stereocenters. The van der Waals surface area contributed by atoms with E-state index in [0.29, 0.717) is 11.8 Å². The predicted molar refractivity (Wildman–Crippen MR) is 289 cm³/mol. The molecule has 1 heteroatoms. The summed E-state index contributed by atoms with van der Waals surface area (Å²) in [5.74, 6) is 0.689. The van der Waals surface area contributed by atoms with E-state index < -0.39 is 0 Å². The number of benzene rings is 9. The van der Waals surface area contributed by atoms with Gasteiger partial charge in [-0.15, -0.1) is 0 Å². The first-order valence-corrected chi connectivity index (χ1v) is 23.8. The van der Waals surface area contributed by atoms with E-state index in [2.05, 4.69) is 247 Å². The van der Waals surface area contributed by atoms with Crippen LogP contribution in [0.15, 0.2) is 211 Å². The number of allylic oxidation sites excluding steroid dienone is 12. The van der Waals surface area contributed by atoms with Crippen molar-refractivity contribution in [2.75, 3.05) is 4.90 Å². The standard InChI is InChI=1S/C66H53N/c1-40-34-64(43(4)31-58(40)61-37-46-19-7-10-22-49(46)52-25-13-16-28-55(52)61)67(65-35-41(2)59(32-44(65)5)62-38-47-20-8-11-23-50(47)53-26-14-17-29-56(53)62)66-36-42(3)60(33-45(66)6)63-39-48-21-9-12-24-51(48)54-27-15-18-30-57(54)63/h7-39,49,52H,1-6H3. The molecule has 9 aromatic rings. The summed E-state index contributed by atoms with van der Waals surface area (Å²) in [6.07, 6.45) is 20.7. The van der Waals surface area contributed by atoms with Crippen LogP contribution in [-0.4, -0.2) is 0 Å². The van der Waals surface area contributed by atoms with Crippen LogP contribution in [0.25, 0.3) is 70.9 Å². The first kappa shape index (κ1) is 40.7. The van der Waals surface area contributed by atoms with Crippen LogP contribution in [0.2, 0.25) is 0 Å². The van der Waals surface area contributed by atoms with Crippen LogP contribution in [0.4, 0.5) is 17.1 Å². The first-order valence-electron chi connectivity index (χ1n) is 23.8. The molecule has 0 saturated heterocycles. The van der Waals surface area contributed by atoms with Crippen LogP contribution >= 0.6 is 0 Å². The van der Waals surface area contributed by atoms with E-state index in [9.17, 15) is 0 Å².